The van der Waals surface area contributed by atoms with Crippen molar-refractivity contribution in [3.8, 4) is 0 Å². The predicted octanol–water partition coefficient (Wildman–Crippen LogP) is 1.97. The van der Waals surface area contributed by atoms with Crippen LogP contribution in [0.15, 0.2) is 18.2 Å². The summed E-state index contributed by atoms with van der Waals surface area (Å²) in [6, 6.07) is 4.24. The van der Waals surface area contributed by atoms with Gasteiger partial charge in [-0.05, 0) is 25.5 Å². The summed E-state index contributed by atoms with van der Waals surface area (Å²) in [5, 5.41) is 9.59. The molecular weight excluding hydrogens is 233 g/mol. The highest BCUT2D eigenvalue weighted by Gasteiger charge is 2.21. The van der Waals surface area contributed by atoms with Crippen molar-refractivity contribution < 1.29 is 9.50 Å². The zero-order chi connectivity index (χ0) is 13.3. The fourth-order valence-corrected chi connectivity index (χ4v) is 2.06. The molecule has 18 heavy (non-hydrogen) atoms. The third kappa shape index (κ3) is 2.11. The molecule has 0 saturated carbocycles. The van der Waals surface area contributed by atoms with Gasteiger partial charge in [0.05, 0.1) is 17.7 Å². The topological polar surface area (TPSA) is 64.1 Å². The van der Waals surface area contributed by atoms with Crippen LogP contribution in [0.1, 0.15) is 32.1 Å². The summed E-state index contributed by atoms with van der Waals surface area (Å²) in [6.45, 7) is 4.34. The van der Waals surface area contributed by atoms with Crippen molar-refractivity contribution in [2.45, 2.75) is 39.0 Å². The molecule has 98 valence electrons. The van der Waals surface area contributed by atoms with Crippen molar-refractivity contribution in [3.63, 3.8) is 0 Å². The second kappa shape index (κ2) is 5.04. The van der Waals surface area contributed by atoms with Gasteiger partial charge < -0.3 is 15.4 Å². The van der Waals surface area contributed by atoms with Crippen LogP contribution in [0.5, 0.6) is 0 Å². The summed E-state index contributed by atoms with van der Waals surface area (Å²) >= 11 is 0. The maximum Gasteiger partial charge on any atom is 0.151 e. The van der Waals surface area contributed by atoms with E-state index in [1.165, 1.54) is 6.07 Å². The SMILES string of the molecule is CCCn1c(C(N)C(C)O)nc2c(F)cccc21. The smallest absolute Gasteiger partial charge is 0.151 e. The van der Waals surface area contributed by atoms with Gasteiger partial charge in [0.25, 0.3) is 0 Å². The van der Waals surface area contributed by atoms with Gasteiger partial charge in [0.2, 0.25) is 0 Å². The maximum atomic E-state index is 13.7. The number of fused-ring (bicyclic) bond motifs is 1. The molecule has 1 heterocycles. The maximum absolute atomic E-state index is 13.7. The Bertz CT molecular complexity index is 550. The minimum Gasteiger partial charge on any atom is -0.391 e. The molecule has 2 unspecified atom stereocenters. The van der Waals surface area contributed by atoms with Crippen LogP contribution in [0.3, 0.4) is 0 Å². The predicted molar refractivity (Wildman–Crippen MR) is 68.6 cm³/mol. The summed E-state index contributed by atoms with van der Waals surface area (Å²) in [4.78, 5) is 4.25. The molecule has 3 N–H and O–H groups in total. The Morgan fingerprint density at radius 3 is 2.83 bits per heavy atom. The highest BCUT2D eigenvalue weighted by molar-refractivity contribution is 5.76. The second-order valence-corrected chi connectivity index (χ2v) is 4.50. The molecule has 0 amide bonds. The number of halogens is 1. The van der Waals surface area contributed by atoms with Gasteiger partial charge in [-0.25, -0.2) is 9.37 Å². The number of imidazole rings is 1. The van der Waals surface area contributed by atoms with Gasteiger partial charge >= 0.3 is 0 Å². The van der Waals surface area contributed by atoms with E-state index in [1.807, 2.05) is 17.6 Å². The van der Waals surface area contributed by atoms with Crippen molar-refractivity contribution in [1.29, 1.82) is 0 Å². The van der Waals surface area contributed by atoms with Gasteiger partial charge in [-0.15, -0.1) is 0 Å². The van der Waals surface area contributed by atoms with E-state index >= 15 is 0 Å². The molecule has 0 aliphatic carbocycles. The first-order chi connectivity index (χ1) is 8.56. The molecule has 0 aliphatic rings. The number of aryl methyl sites for hydroxylation is 1. The zero-order valence-electron chi connectivity index (χ0n) is 10.6. The lowest BCUT2D eigenvalue weighted by Gasteiger charge is -2.16. The highest BCUT2D eigenvalue weighted by Crippen LogP contribution is 2.23. The number of aromatic nitrogens is 2. The molecule has 1 aromatic heterocycles. The molecule has 5 heteroatoms. The molecule has 0 radical (unpaired) electrons. The third-order valence-corrected chi connectivity index (χ3v) is 3.02. The molecule has 4 nitrogen and oxygen atoms in total. The van der Waals surface area contributed by atoms with Crippen LogP contribution in [0.4, 0.5) is 4.39 Å². The van der Waals surface area contributed by atoms with Gasteiger partial charge in [0.15, 0.2) is 5.82 Å². The Kier molecular flexibility index (Phi) is 3.63. The van der Waals surface area contributed by atoms with E-state index < -0.39 is 12.1 Å². The van der Waals surface area contributed by atoms with E-state index in [2.05, 4.69) is 4.98 Å². The fourth-order valence-electron chi connectivity index (χ4n) is 2.06. The largest absolute Gasteiger partial charge is 0.391 e. The highest BCUT2D eigenvalue weighted by atomic mass is 19.1. The molecule has 0 fully saturated rings. The summed E-state index contributed by atoms with van der Waals surface area (Å²) in [5.41, 5.74) is 6.97. The number of aliphatic hydroxyl groups excluding tert-OH is 1. The van der Waals surface area contributed by atoms with E-state index in [0.717, 1.165) is 11.9 Å². The average molecular weight is 251 g/mol. The quantitative estimate of drug-likeness (QED) is 0.873. The van der Waals surface area contributed by atoms with Crippen LogP contribution in [-0.2, 0) is 6.54 Å². The number of benzene rings is 1. The number of nitrogens with zero attached hydrogens (tertiary/aromatic N) is 2. The Morgan fingerprint density at radius 2 is 2.22 bits per heavy atom. The fraction of sp³-hybridized carbons (Fsp3) is 0.462. The van der Waals surface area contributed by atoms with Crippen LogP contribution in [-0.4, -0.2) is 20.8 Å². The molecule has 2 aromatic rings. The molecule has 2 rings (SSSR count). The Labute approximate surface area is 105 Å². The van der Waals surface area contributed by atoms with E-state index in [1.54, 1.807) is 13.0 Å². The van der Waals surface area contributed by atoms with Crippen molar-refractivity contribution in [1.82, 2.24) is 9.55 Å². The lowest BCUT2D eigenvalue weighted by Crippen LogP contribution is -2.26. The molecule has 0 spiro atoms. The number of hydrogen-bond acceptors (Lipinski definition) is 3. The molecular formula is C13H18FN3O. The van der Waals surface area contributed by atoms with E-state index in [4.69, 9.17) is 5.73 Å². The molecule has 1 aromatic carbocycles. The van der Waals surface area contributed by atoms with Crippen LogP contribution < -0.4 is 5.73 Å². The van der Waals surface area contributed by atoms with Gasteiger partial charge in [0, 0.05) is 6.54 Å². The molecule has 2 atom stereocenters. The van der Waals surface area contributed by atoms with E-state index in [9.17, 15) is 9.50 Å². The Hall–Kier alpha value is -1.46. The van der Waals surface area contributed by atoms with Gasteiger partial charge in [-0.2, -0.15) is 0 Å². The average Bonchev–Trinajstić information content (AvgIpc) is 2.69. The van der Waals surface area contributed by atoms with Crippen molar-refractivity contribution >= 4 is 11.0 Å². The Balaban J connectivity index is 2.64. The van der Waals surface area contributed by atoms with Gasteiger partial charge in [-0.3, -0.25) is 0 Å². The first-order valence-electron chi connectivity index (χ1n) is 6.14. The van der Waals surface area contributed by atoms with E-state index in [0.29, 0.717) is 17.9 Å². The molecule has 0 bridgehead atoms. The lowest BCUT2D eigenvalue weighted by atomic mass is 10.2. The number of hydrogen-bond donors (Lipinski definition) is 2. The minimum atomic E-state index is -0.722. The summed E-state index contributed by atoms with van der Waals surface area (Å²) in [7, 11) is 0. The number of rotatable bonds is 4. The number of para-hydroxylation sites is 1. The number of nitrogens with two attached hydrogens (primary N) is 1. The van der Waals surface area contributed by atoms with Crippen LogP contribution in [0, 0.1) is 5.82 Å². The summed E-state index contributed by atoms with van der Waals surface area (Å²) in [6.07, 6.45) is 0.169. The van der Waals surface area contributed by atoms with Crippen molar-refractivity contribution in [2.75, 3.05) is 0 Å². The molecule has 0 saturated heterocycles. The first-order valence-corrected chi connectivity index (χ1v) is 6.14. The normalized spacial score (nSPS) is 14.9. The Morgan fingerprint density at radius 1 is 1.50 bits per heavy atom. The monoisotopic (exact) mass is 251 g/mol. The van der Waals surface area contributed by atoms with Crippen LogP contribution >= 0.6 is 0 Å². The van der Waals surface area contributed by atoms with Crippen molar-refractivity contribution in [2.24, 2.45) is 5.73 Å². The molecule has 0 aliphatic heterocycles. The van der Waals surface area contributed by atoms with Gasteiger partial charge in [-0.1, -0.05) is 13.0 Å². The first kappa shape index (κ1) is 13.0. The van der Waals surface area contributed by atoms with Crippen molar-refractivity contribution in [3.05, 3.63) is 29.8 Å². The standard InChI is InChI=1S/C13H18FN3O/c1-3-7-17-10-6-4-5-9(14)12(10)16-13(17)11(15)8(2)18/h4-6,8,11,18H,3,7,15H2,1-2H3. The van der Waals surface area contributed by atoms with Crippen LogP contribution in [0.25, 0.3) is 11.0 Å². The minimum absolute atomic E-state index is 0.317. The summed E-state index contributed by atoms with van der Waals surface area (Å²) in [5.74, 6) is 0.174. The summed E-state index contributed by atoms with van der Waals surface area (Å²) < 4.78 is 15.6. The second-order valence-electron chi connectivity index (χ2n) is 4.50. The van der Waals surface area contributed by atoms with Crippen LogP contribution in [0.2, 0.25) is 0 Å². The van der Waals surface area contributed by atoms with Gasteiger partial charge in [0.1, 0.15) is 11.3 Å². The lowest BCUT2D eigenvalue weighted by molar-refractivity contribution is 0.159. The number of aliphatic hydroxyl groups is 1. The zero-order valence-corrected chi connectivity index (χ0v) is 10.6. The third-order valence-electron chi connectivity index (χ3n) is 3.02. The van der Waals surface area contributed by atoms with E-state index in [-0.39, 0.29) is 5.82 Å².